The van der Waals surface area contributed by atoms with Gasteiger partial charge >= 0.3 is 0 Å². The zero-order valence-electron chi connectivity index (χ0n) is 9.19. The highest BCUT2D eigenvalue weighted by molar-refractivity contribution is 7.99. The first kappa shape index (κ1) is 12.0. The third kappa shape index (κ3) is 3.22. The van der Waals surface area contributed by atoms with Gasteiger partial charge in [0.05, 0.1) is 0 Å². The minimum Gasteiger partial charge on any atom is -0.618 e. The summed E-state index contributed by atoms with van der Waals surface area (Å²) < 4.78 is 0.705. The Morgan fingerprint density at radius 2 is 1.82 bits per heavy atom. The molecule has 2 aromatic rings. The molecule has 0 aliphatic carbocycles. The van der Waals surface area contributed by atoms with Crippen LogP contribution in [0.4, 0.5) is 0 Å². The van der Waals surface area contributed by atoms with Gasteiger partial charge in [0.25, 0.3) is 0 Å². The van der Waals surface area contributed by atoms with E-state index in [1.165, 1.54) is 18.0 Å². The number of aliphatic hydroxyl groups excluding tert-OH is 1. The summed E-state index contributed by atoms with van der Waals surface area (Å²) in [6.45, 7) is 0. The number of thioether (sulfide) groups is 1. The molecule has 0 radical (unpaired) electrons. The third-order valence-electron chi connectivity index (χ3n) is 2.35. The summed E-state index contributed by atoms with van der Waals surface area (Å²) in [5, 5.41) is 21.3. The molecule has 1 aromatic heterocycles. The average molecular weight is 247 g/mol. The number of aliphatic hydroxyl groups is 1. The zero-order chi connectivity index (χ0) is 12.1. The van der Waals surface area contributed by atoms with Crippen LogP contribution in [0.25, 0.3) is 0 Å². The van der Waals surface area contributed by atoms with Crippen LogP contribution in [0.2, 0.25) is 0 Å². The molecule has 1 aromatic carbocycles. The third-order valence-corrected chi connectivity index (χ3v) is 3.43. The Kier molecular flexibility index (Phi) is 4.01. The van der Waals surface area contributed by atoms with Crippen LogP contribution in [0.15, 0.2) is 59.6 Å². The second-order valence-corrected chi connectivity index (χ2v) is 4.68. The van der Waals surface area contributed by atoms with E-state index in [1.807, 2.05) is 30.3 Å². The molecule has 4 heteroatoms. The lowest BCUT2D eigenvalue weighted by molar-refractivity contribution is -0.618. The number of aromatic nitrogens is 1. The molecule has 1 N–H and O–H groups in total. The predicted octanol–water partition coefficient (Wildman–Crippen LogP) is 2.15. The Labute approximate surface area is 104 Å². The molecular weight excluding hydrogens is 234 g/mol. The van der Waals surface area contributed by atoms with Crippen molar-refractivity contribution in [2.75, 3.05) is 5.75 Å². The van der Waals surface area contributed by atoms with Gasteiger partial charge in [0.1, 0.15) is 6.10 Å². The van der Waals surface area contributed by atoms with Gasteiger partial charge in [-0.05, 0) is 18.2 Å². The van der Waals surface area contributed by atoms with Gasteiger partial charge in [0, 0.05) is 22.8 Å². The van der Waals surface area contributed by atoms with E-state index < -0.39 is 6.10 Å². The van der Waals surface area contributed by atoms with Crippen LogP contribution in [-0.4, -0.2) is 10.9 Å². The fourth-order valence-electron chi connectivity index (χ4n) is 1.48. The van der Waals surface area contributed by atoms with Crippen molar-refractivity contribution in [3.8, 4) is 0 Å². The van der Waals surface area contributed by atoms with Crippen molar-refractivity contribution in [2.45, 2.75) is 11.0 Å². The molecule has 0 unspecified atom stereocenters. The minimum atomic E-state index is -0.751. The molecule has 1 atom stereocenters. The van der Waals surface area contributed by atoms with E-state index in [2.05, 4.69) is 0 Å². The second-order valence-electron chi connectivity index (χ2n) is 3.59. The van der Waals surface area contributed by atoms with Gasteiger partial charge in [-0.2, -0.15) is 4.73 Å². The van der Waals surface area contributed by atoms with Gasteiger partial charge in [-0.15, -0.1) is 11.8 Å². The van der Waals surface area contributed by atoms with Crippen molar-refractivity contribution in [3.63, 3.8) is 0 Å². The molecule has 0 saturated carbocycles. The Morgan fingerprint density at radius 3 is 2.53 bits per heavy atom. The van der Waals surface area contributed by atoms with Crippen LogP contribution in [0.5, 0.6) is 0 Å². The van der Waals surface area contributed by atoms with Crippen LogP contribution in [-0.2, 0) is 0 Å². The first-order valence-electron chi connectivity index (χ1n) is 5.31. The number of hydrogen-bond acceptors (Lipinski definition) is 3. The normalized spacial score (nSPS) is 12.3. The molecule has 17 heavy (non-hydrogen) atoms. The highest BCUT2D eigenvalue weighted by Crippen LogP contribution is 2.22. The summed E-state index contributed by atoms with van der Waals surface area (Å²) in [6.07, 6.45) is 0.644. The Morgan fingerprint density at radius 1 is 1.12 bits per heavy atom. The monoisotopic (exact) mass is 247 g/mol. The standard InChI is InChI=1S/C13H13NO2S/c15-13(12-8-4-5-9-14(12)16)10-17-11-6-2-1-3-7-11/h1-9,13,15H,10H2/t13-/m0/s1. The summed E-state index contributed by atoms with van der Waals surface area (Å²) in [7, 11) is 0. The lowest BCUT2D eigenvalue weighted by Crippen LogP contribution is -2.33. The maximum atomic E-state index is 11.4. The highest BCUT2D eigenvalue weighted by atomic mass is 32.2. The highest BCUT2D eigenvalue weighted by Gasteiger charge is 2.16. The number of benzene rings is 1. The maximum Gasteiger partial charge on any atom is 0.222 e. The molecule has 0 aliphatic rings. The topological polar surface area (TPSA) is 47.2 Å². The molecule has 0 bridgehead atoms. The lowest BCUT2D eigenvalue weighted by atomic mass is 10.2. The quantitative estimate of drug-likeness (QED) is 0.511. The summed E-state index contributed by atoms with van der Waals surface area (Å²) >= 11 is 1.53. The average Bonchev–Trinajstić information content (AvgIpc) is 2.38. The first-order valence-corrected chi connectivity index (χ1v) is 6.30. The molecule has 0 saturated heterocycles. The maximum absolute atomic E-state index is 11.4. The first-order chi connectivity index (χ1) is 8.27. The van der Waals surface area contributed by atoms with Gasteiger partial charge in [-0.25, -0.2) is 0 Å². The molecule has 0 fully saturated rings. The Bertz CT molecular complexity index is 476. The molecule has 88 valence electrons. The molecule has 0 amide bonds. The lowest BCUT2D eigenvalue weighted by Gasteiger charge is -2.10. The van der Waals surface area contributed by atoms with Crippen molar-refractivity contribution in [1.82, 2.24) is 0 Å². The molecule has 3 nitrogen and oxygen atoms in total. The van der Waals surface area contributed by atoms with Crippen molar-refractivity contribution in [2.24, 2.45) is 0 Å². The summed E-state index contributed by atoms with van der Waals surface area (Å²) in [5.74, 6) is 0.469. The summed E-state index contributed by atoms with van der Waals surface area (Å²) in [5.41, 5.74) is 0.385. The number of pyridine rings is 1. The smallest absolute Gasteiger partial charge is 0.222 e. The molecule has 0 spiro atoms. The van der Waals surface area contributed by atoms with Gasteiger partial charge in [0.15, 0.2) is 6.20 Å². The SMILES string of the molecule is [O-][n+]1ccccc1[C@@H](O)CSc1ccccc1. The summed E-state index contributed by atoms with van der Waals surface area (Å²) in [6, 6.07) is 14.8. The van der Waals surface area contributed by atoms with E-state index in [-0.39, 0.29) is 0 Å². The minimum absolute atomic E-state index is 0.385. The van der Waals surface area contributed by atoms with Gasteiger partial charge in [-0.1, -0.05) is 18.2 Å². The van der Waals surface area contributed by atoms with Gasteiger partial charge < -0.3 is 10.3 Å². The van der Waals surface area contributed by atoms with Crippen molar-refractivity contribution in [3.05, 3.63) is 65.6 Å². The molecule has 2 rings (SSSR count). The number of hydrogen-bond donors (Lipinski definition) is 1. The van der Waals surface area contributed by atoms with Crippen LogP contribution in [0, 0.1) is 5.21 Å². The van der Waals surface area contributed by atoms with E-state index in [4.69, 9.17) is 0 Å². The Hall–Kier alpha value is -1.52. The fourth-order valence-corrected chi connectivity index (χ4v) is 2.35. The zero-order valence-corrected chi connectivity index (χ0v) is 10.0. The van der Waals surface area contributed by atoms with E-state index in [1.54, 1.807) is 18.2 Å². The van der Waals surface area contributed by atoms with E-state index >= 15 is 0 Å². The van der Waals surface area contributed by atoms with Crippen molar-refractivity contribution >= 4 is 11.8 Å². The number of nitrogens with zero attached hydrogens (tertiary/aromatic N) is 1. The van der Waals surface area contributed by atoms with Crippen LogP contribution >= 0.6 is 11.8 Å². The summed E-state index contributed by atoms with van der Waals surface area (Å²) in [4.78, 5) is 1.08. The molecule has 0 aliphatic heterocycles. The molecular formula is C13H13NO2S. The van der Waals surface area contributed by atoms with E-state index in [9.17, 15) is 10.3 Å². The van der Waals surface area contributed by atoms with Crippen LogP contribution in [0.1, 0.15) is 11.8 Å². The van der Waals surface area contributed by atoms with Crippen molar-refractivity contribution < 1.29 is 9.84 Å². The fraction of sp³-hybridized carbons (Fsp3) is 0.154. The van der Waals surface area contributed by atoms with Gasteiger partial charge in [-0.3, -0.25) is 0 Å². The van der Waals surface area contributed by atoms with Crippen LogP contribution < -0.4 is 4.73 Å². The largest absolute Gasteiger partial charge is 0.618 e. The number of rotatable bonds is 4. The Balaban J connectivity index is 1.99. The van der Waals surface area contributed by atoms with E-state index in [0.29, 0.717) is 16.2 Å². The van der Waals surface area contributed by atoms with Crippen molar-refractivity contribution in [1.29, 1.82) is 0 Å². The predicted molar refractivity (Wildman–Crippen MR) is 67.5 cm³/mol. The van der Waals surface area contributed by atoms with E-state index in [0.717, 1.165) is 4.90 Å². The molecule has 1 heterocycles. The van der Waals surface area contributed by atoms with Crippen LogP contribution in [0.3, 0.4) is 0 Å². The second kappa shape index (κ2) is 5.70. The van der Waals surface area contributed by atoms with Gasteiger partial charge in [0.2, 0.25) is 5.69 Å².